The average Bonchev–Trinajstić information content (AvgIpc) is 3.08. The van der Waals surface area contributed by atoms with Crippen molar-refractivity contribution in [3.8, 4) is 0 Å². The Kier molecular flexibility index (Phi) is 4.73. The minimum atomic E-state index is -0.0481. The van der Waals surface area contributed by atoms with Crippen molar-refractivity contribution in [2.45, 2.75) is 13.0 Å². The number of rotatable bonds is 4. The summed E-state index contributed by atoms with van der Waals surface area (Å²) >= 11 is 0. The summed E-state index contributed by atoms with van der Waals surface area (Å²) in [6.45, 7) is 5.56. The molecule has 1 amide bonds. The smallest absolute Gasteiger partial charge is 0.221 e. The minimum Gasteiger partial charge on any atom is -0.361 e. The summed E-state index contributed by atoms with van der Waals surface area (Å²) in [6, 6.07) is 16.9. The normalized spacial score (nSPS) is 16.5. The fourth-order valence-corrected chi connectivity index (χ4v) is 3.80. The van der Waals surface area contributed by atoms with Gasteiger partial charge >= 0.3 is 0 Å². The number of piperazine rings is 1. The van der Waals surface area contributed by atoms with Gasteiger partial charge in [-0.3, -0.25) is 9.69 Å². The van der Waals surface area contributed by atoms with Crippen molar-refractivity contribution in [3.05, 3.63) is 65.9 Å². The van der Waals surface area contributed by atoms with E-state index in [0.29, 0.717) is 0 Å². The third-order valence-corrected chi connectivity index (χ3v) is 4.98. The summed E-state index contributed by atoms with van der Waals surface area (Å²) in [5, 5.41) is 7.55. The zero-order valence-electron chi connectivity index (χ0n) is 15.0. The summed E-state index contributed by atoms with van der Waals surface area (Å²) in [6.07, 6.45) is 2.14. The molecule has 1 fully saturated rings. The van der Waals surface area contributed by atoms with Crippen molar-refractivity contribution in [3.63, 3.8) is 0 Å². The first-order valence-corrected chi connectivity index (χ1v) is 9.11. The standard InChI is InChI=1S/C21H24N4O/c1-15(26)24-17-8-6-16(7-9-17)21(25-12-10-22-11-13-25)19-14-23-20-5-3-2-4-18(19)20/h2-9,14,21-23H,10-13H2,1H3,(H,24,26). The molecule has 1 aliphatic heterocycles. The number of fused-ring (bicyclic) bond motifs is 1. The van der Waals surface area contributed by atoms with E-state index in [9.17, 15) is 4.79 Å². The average molecular weight is 348 g/mol. The molecule has 1 aromatic heterocycles. The lowest BCUT2D eigenvalue weighted by atomic mass is 9.95. The molecule has 0 spiro atoms. The molecule has 134 valence electrons. The summed E-state index contributed by atoms with van der Waals surface area (Å²) in [4.78, 5) is 17.2. The van der Waals surface area contributed by atoms with Crippen LogP contribution in [0.2, 0.25) is 0 Å². The van der Waals surface area contributed by atoms with Crippen LogP contribution in [-0.4, -0.2) is 42.0 Å². The van der Waals surface area contributed by atoms with Crippen LogP contribution in [0.15, 0.2) is 54.7 Å². The number of hydrogen-bond donors (Lipinski definition) is 3. The van der Waals surface area contributed by atoms with E-state index >= 15 is 0 Å². The zero-order chi connectivity index (χ0) is 17.9. The lowest BCUT2D eigenvalue weighted by molar-refractivity contribution is -0.114. The van der Waals surface area contributed by atoms with Crippen LogP contribution in [0.3, 0.4) is 0 Å². The zero-order valence-corrected chi connectivity index (χ0v) is 15.0. The molecule has 0 aliphatic carbocycles. The molecule has 0 bridgehead atoms. The second kappa shape index (κ2) is 7.32. The SMILES string of the molecule is CC(=O)Nc1ccc(C(c2c[nH]c3ccccc23)N2CCNCC2)cc1. The maximum absolute atomic E-state index is 11.3. The molecule has 2 aromatic carbocycles. The number of para-hydroxylation sites is 1. The molecule has 0 saturated carbocycles. The second-order valence-electron chi connectivity index (χ2n) is 6.78. The number of nitrogens with one attached hydrogen (secondary N) is 3. The summed E-state index contributed by atoms with van der Waals surface area (Å²) < 4.78 is 0. The first-order valence-electron chi connectivity index (χ1n) is 9.11. The maximum Gasteiger partial charge on any atom is 0.221 e. The van der Waals surface area contributed by atoms with Crippen LogP contribution in [0.4, 0.5) is 5.69 Å². The van der Waals surface area contributed by atoms with Crippen molar-refractivity contribution in [2.24, 2.45) is 0 Å². The molecule has 4 rings (SSSR count). The Hall–Kier alpha value is -2.63. The van der Waals surface area contributed by atoms with Gasteiger partial charge < -0.3 is 15.6 Å². The van der Waals surface area contributed by atoms with Gasteiger partial charge in [0.05, 0.1) is 6.04 Å². The molecule has 1 unspecified atom stereocenters. The van der Waals surface area contributed by atoms with E-state index in [2.05, 4.69) is 63.1 Å². The van der Waals surface area contributed by atoms with Crippen LogP contribution in [0, 0.1) is 0 Å². The number of benzene rings is 2. The fraction of sp³-hybridized carbons (Fsp3) is 0.286. The van der Waals surface area contributed by atoms with Gasteiger partial charge in [0.2, 0.25) is 5.91 Å². The third kappa shape index (κ3) is 3.36. The Morgan fingerprint density at radius 1 is 1.08 bits per heavy atom. The van der Waals surface area contributed by atoms with E-state index in [0.717, 1.165) is 37.4 Å². The predicted octanol–water partition coefficient (Wildman–Crippen LogP) is 3.12. The Balaban J connectivity index is 1.74. The van der Waals surface area contributed by atoms with E-state index in [4.69, 9.17) is 0 Å². The van der Waals surface area contributed by atoms with Crippen molar-refractivity contribution in [2.75, 3.05) is 31.5 Å². The quantitative estimate of drug-likeness (QED) is 0.679. The number of aromatic nitrogens is 1. The first-order chi connectivity index (χ1) is 12.7. The molecule has 3 N–H and O–H groups in total. The second-order valence-corrected chi connectivity index (χ2v) is 6.78. The van der Waals surface area contributed by atoms with Crippen LogP contribution in [0.5, 0.6) is 0 Å². The Labute approximate surface area is 153 Å². The van der Waals surface area contributed by atoms with Crippen molar-refractivity contribution < 1.29 is 4.79 Å². The fourth-order valence-electron chi connectivity index (χ4n) is 3.80. The first kappa shape index (κ1) is 16.8. The number of carbonyl (C=O) groups excluding carboxylic acids is 1. The highest BCUT2D eigenvalue weighted by molar-refractivity contribution is 5.88. The Morgan fingerprint density at radius 3 is 2.54 bits per heavy atom. The Morgan fingerprint density at radius 2 is 1.81 bits per heavy atom. The molecule has 5 nitrogen and oxygen atoms in total. The summed E-state index contributed by atoms with van der Waals surface area (Å²) in [5.41, 5.74) is 4.54. The van der Waals surface area contributed by atoms with Gasteiger partial charge in [0, 0.05) is 55.9 Å². The van der Waals surface area contributed by atoms with E-state index in [1.54, 1.807) is 0 Å². The van der Waals surface area contributed by atoms with Gasteiger partial charge in [0.15, 0.2) is 0 Å². The van der Waals surface area contributed by atoms with Gasteiger partial charge in [-0.2, -0.15) is 0 Å². The number of hydrogen-bond acceptors (Lipinski definition) is 3. The topological polar surface area (TPSA) is 60.2 Å². The van der Waals surface area contributed by atoms with Crippen molar-refractivity contribution >= 4 is 22.5 Å². The van der Waals surface area contributed by atoms with Crippen LogP contribution in [0.1, 0.15) is 24.1 Å². The maximum atomic E-state index is 11.3. The lowest BCUT2D eigenvalue weighted by Crippen LogP contribution is -2.45. The molecule has 5 heteroatoms. The molecule has 3 aromatic rings. The van der Waals surface area contributed by atoms with Crippen LogP contribution in [0.25, 0.3) is 10.9 Å². The number of nitrogens with zero attached hydrogens (tertiary/aromatic N) is 1. The van der Waals surface area contributed by atoms with Crippen LogP contribution in [-0.2, 0) is 4.79 Å². The monoisotopic (exact) mass is 348 g/mol. The van der Waals surface area contributed by atoms with Crippen LogP contribution < -0.4 is 10.6 Å². The van der Waals surface area contributed by atoms with Crippen LogP contribution >= 0.6 is 0 Å². The van der Waals surface area contributed by atoms with E-state index in [1.807, 2.05) is 12.1 Å². The molecule has 2 heterocycles. The predicted molar refractivity (Wildman–Crippen MR) is 105 cm³/mol. The molecule has 1 saturated heterocycles. The summed E-state index contributed by atoms with van der Waals surface area (Å²) in [7, 11) is 0. The third-order valence-electron chi connectivity index (χ3n) is 4.98. The number of amides is 1. The molecular weight excluding hydrogens is 324 g/mol. The molecule has 26 heavy (non-hydrogen) atoms. The van der Waals surface area contributed by atoms with Gasteiger partial charge in [0.1, 0.15) is 0 Å². The lowest BCUT2D eigenvalue weighted by Gasteiger charge is -2.35. The number of carbonyl (C=O) groups is 1. The van der Waals surface area contributed by atoms with Crippen molar-refractivity contribution in [1.82, 2.24) is 15.2 Å². The molecule has 0 radical (unpaired) electrons. The number of H-pyrrole nitrogens is 1. The Bertz CT molecular complexity index is 894. The largest absolute Gasteiger partial charge is 0.361 e. The van der Waals surface area contributed by atoms with E-state index in [1.165, 1.54) is 23.4 Å². The molecule has 1 atom stereocenters. The van der Waals surface area contributed by atoms with Gasteiger partial charge in [-0.15, -0.1) is 0 Å². The van der Waals surface area contributed by atoms with Crippen molar-refractivity contribution in [1.29, 1.82) is 0 Å². The highest BCUT2D eigenvalue weighted by Crippen LogP contribution is 2.34. The molecule has 1 aliphatic rings. The van der Waals surface area contributed by atoms with E-state index < -0.39 is 0 Å². The highest BCUT2D eigenvalue weighted by Gasteiger charge is 2.26. The number of aromatic amines is 1. The van der Waals surface area contributed by atoms with Gasteiger partial charge in [-0.05, 0) is 29.3 Å². The summed E-state index contributed by atoms with van der Waals surface area (Å²) in [5.74, 6) is -0.0481. The highest BCUT2D eigenvalue weighted by atomic mass is 16.1. The van der Waals surface area contributed by atoms with Gasteiger partial charge in [0.25, 0.3) is 0 Å². The van der Waals surface area contributed by atoms with Gasteiger partial charge in [-0.1, -0.05) is 30.3 Å². The number of anilines is 1. The van der Waals surface area contributed by atoms with Gasteiger partial charge in [-0.25, -0.2) is 0 Å². The van der Waals surface area contributed by atoms with E-state index in [-0.39, 0.29) is 11.9 Å². The molecular formula is C21H24N4O. The minimum absolute atomic E-state index is 0.0481.